The highest BCUT2D eigenvalue weighted by atomic mass is 32.1. The van der Waals surface area contributed by atoms with Crippen molar-refractivity contribution in [3.05, 3.63) is 11.1 Å². The molecule has 4 nitrogen and oxygen atoms in total. The molecule has 0 saturated heterocycles. The molecule has 2 unspecified atom stereocenters. The lowest BCUT2D eigenvalue weighted by atomic mass is 10.2. The maximum absolute atomic E-state index is 5.30. The maximum atomic E-state index is 5.30. The Labute approximate surface area is 81.9 Å². The number of ether oxygens (including phenoxy) is 1. The van der Waals surface area contributed by atoms with Crippen molar-refractivity contribution in [2.75, 3.05) is 7.11 Å². The van der Waals surface area contributed by atoms with Crippen molar-refractivity contribution >= 4 is 12.2 Å². The predicted octanol–water partition coefficient (Wildman–Crippen LogP) is 1.68. The molecule has 1 N–H and O–H groups in total. The Bertz CT molecular complexity index is 332. The van der Waals surface area contributed by atoms with Gasteiger partial charge in [-0.25, -0.2) is 0 Å². The van der Waals surface area contributed by atoms with E-state index in [0.29, 0.717) is 16.9 Å². The van der Waals surface area contributed by atoms with Crippen LogP contribution in [0.5, 0.6) is 0 Å². The minimum Gasteiger partial charge on any atom is -0.381 e. The molecule has 1 aliphatic rings. The summed E-state index contributed by atoms with van der Waals surface area (Å²) < 4.78 is 8.03. The first kappa shape index (κ1) is 8.90. The summed E-state index contributed by atoms with van der Waals surface area (Å²) in [5, 5.41) is 6.68. The van der Waals surface area contributed by atoms with Crippen LogP contribution in [0.1, 0.15) is 25.3 Å². The average Bonchev–Trinajstić information content (AvgIpc) is 2.71. The van der Waals surface area contributed by atoms with Gasteiger partial charge in [0.15, 0.2) is 4.77 Å². The quantitative estimate of drug-likeness (QED) is 0.737. The average molecular weight is 199 g/mol. The number of aromatic nitrogens is 3. The fraction of sp³-hybridized carbons (Fsp3) is 0.750. The van der Waals surface area contributed by atoms with E-state index in [-0.39, 0.29) is 0 Å². The Balaban J connectivity index is 2.12. The van der Waals surface area contributed by atoms with E-state index < -0.39 is 0 Å². The summed E-state index contributed by atoms with van der Waals surface area (Å²) in [6.45, 7) is 0. The number of rotatable bonds is 2. The van der Waals surface area contributed by atoms with Gasteiger partial charge in [0.25, 0.3) is 0 Å². The van der Waals surface area contributed by atoms with E-state index in [9.17, 15) is 0 Å². The summed E-state index contributed by atoms with van der Waals surface area (Å²) in [4.78, 5) is 0. The number of aromatic amines is 1. The van der Waals surface area contributed by atoms with Gasteiger partial charge >= 0.3 is 0 Å². The summed E-state index contributed by atoms with van der Waals surface area (Å²) in [5.41, 5.74) is 0. The van der Waals surface area contributed by atoms with E-state index in [1.165, 1.54) is 0 Å². The van der Waals surface area contributed by atoms with Gasteiger partial charge in [0, 0.05) is 13.2 Å². The summed E-state index contributed by atoms with van der Waals surface area (Å²) in [7, 11) is 1.77. The molecule has 0 amide bonds. The van der Waals surface area contributed by atoms with Crippen LogP contribution in [0, 0.1) is 4.77 Å². The second-order valence-corrected chi connectivity index (χ2v) is 3.78. The molecular weight excluding hydrogens is 186 g/mol. The first-order valence-electron chi connectivity index (χ1n) is 4.45. The second-order valence-electron chi connectivity index (χ2n) is 3.39. The Hall–Kier alpha value is -0.680. The third-order valence-electron chi connectivity index (χ3n) is 2.66. The van der Waals surface area contributed by atoms with Crippen LogP contribution in [-0.4, -0.2) is 28.0 Å². The SMILES string of the molecule is COC1CCC(n2cn[nH]c2=S)C1. The minimum atomic E-state index is 0.391. The van der Waals surface area contributed by atoms with Crippen molar-refractivity contribution < 1.29 is 4.74 Å². The molecule has 1 fully saturated rings. The fourth-order valence-electron chi connectivity index (χ4n) is 1.90. The standard InChI is InChI=1S/C8H13N3OS/c1-12-7-3-2-6(4-7)11-5-9-10-8(11)13/h5-7H,2-4H2,1H3,(H,10,13). The van der Waals surface area contributed by atoms with Crippen molar-refractivity contribution in [2.45, 2.75) is 31.4 Å². The maximum Gasteiger partial charge on any atom is 0.195 e. The molecule has 0 radical (unpaired) electrons. The second kappa shape index (κ2) is 3.59. The number of methoxy groups -OCH3 is 1. The zero-order valence-electron chi connectivity index (χ0n) is 7.56. The minimum absolute atomic E-state index is 0.391. The summed E-state index contributed by atoms with van der Waals surface area (Å²) >= 11 is 5.10. The first-order valence-corrected chi connectivity index (χ1v) is 4.86. The number of nitrogens with zero attached hydrogens (tertiary/aromatic N) is 2. The largest absolute Gasteiger partial charge is 0.381 e. The van der Waals surface area contributed by atoms with Crippen LogP contribution in [0.4, 0.5) is 0 Å². The zero-order valence-corrected chi connectivity index (χ0v) is 8.38. The van der Waals surface area contributed by atoms with Gasteiger partial charge in [-0.2, -0.15) is 5.10 Å². The molecule has 5 heteroatoms. The molecule has 2 rings (SSSR count). The summed E-state index contributed by atoms with van der Waals surface area (Å²) in [6.07, 6.45) is 5.46. The van der Waals surface area contributed by atoms with Gasteiger partial charge in [-0.3, -0.25) is 5.10 Å². The molecule has 0 aliphatic heterocycles. The Morgan fingerprint density at radius 3 is 3.08 bits per heavy atom. The molecule has 1 heterocycles. The van der Waals surface area contributed by atoms with Gasteiger partial charge in [-0.05, 0) is 31.5 Å². The number of H-pyrrole nitrogens is 1. The van der Waals surface area contributed by atoms with Crippen LogP contribution in [-0.2, 0) is 4.74 Å². The van der Waals surface area contributed by atoms with Gasteiger partial charge < -0.3 is 9.30 Å². The smallest absolute Gasteiger partial charge is 0.195 e. The predicted molar refractivity (Wildman–Crippen MR) is 51.1 cm³/mol. The normalized spacial score (nSPS) is 28.1. The van der Waals surface area contributed by atoms with E-state index in [2.05, 4.69) is 10.2 Å². The first-order chi connectivity index (χ1) is 6.31. The lowest BCUT2D eigenvalue weighted by Gasteiger charge is -2.10. The van der Waals surface area contributed by atoms with Crippen LogP contribution >= 0.6 is 12.2 Å². The highest BCUT2D eigenvalue weighted by Gasteiger charge is 2.25. The number of nitrogens with one attached hydrogen (secondary N) is 1. The van der Waals surface area contributed by atoms with Gasteiger partial charge in [-0.1, -0.05) is 0 Å². The monoisotopic (exact) mass is 199 g/mol. The van der Waals surface area contributed by atoms with Gasteiger partial charge in [0.05, 0.1) is 6.10 Å². The van der Waals surface area contributed by atoms with Crippen molar-refractivity contribution in [3.8, 4) is 0 Å². The Morgan fingerprint density at radius 1 is 1.69 bits per heavy atom. The molecule has 0 bridgehead atoms. The van der Waals surface area contributed by atoms with Gasteiger partial charge in [0.1, 0.15) is 6.33 Å². The van der Waals surface area contributed by atoms with E-state index in [1.54, 1.807) is 13.4 Å². The zero-order chi connectivity index (χ0) is 9.26. The molecule has 1 aromatic rings. The molecule has 2 atom stereocenters. The number of hydrogen-bond donors (Lipinski definition) is 1. The lowest BCUT2D eigenvalue weighted by Crippen LogP contribution is -2.08. The Morgan fingerprint density at radius 2 is 2.54 bits per heavy atom. The van der Waals surface area contributed by atoms with E-state index in [0.717, 1.165) is 19.3 Å². The van der Waals surface area contributed by atoms with Crippen LogP contribution in [0.25, 0.3) is 0 Å². The fourth-order valence-corrected chi connectivity index (χ4v) is 2.15. The molecule has 1 aromatic heterocycles. The van der Waals surface area contributed by atoms with Crippen LogP contribution in [0.15, 0.2) is 6.33 Å². The van der Waals surface area contributed by atoms with Gasteiger partial charge in [0.2, 0.25) is 0 Å². The topological polar surface area (TPSA) is 42.8 Å². The molecule has 0 spiro atoms. The van der Waals surface area contributed by atoms with Crippen molar-refractivity contribution in [3.63, 3.8) is 0 Å². The highest BCUT2D eigenvalue weighted by Crippen LogP contribution is 2.31. The van der Waals surface area contributed by atoms with Crippen molar-refractivity contribution in [1.29, 1.82) is 0 Å². The van der Waals surface area contributed by atoms with Crippen LogP contribution in [0.2, 0.25) is 0 Å². The van der Waals surface area contributed by atoms with Crippen LogP contribution < -0.4 is 0 Å². The Kier molecular flexibility index (Phi) is 2.46. The number of hydrogen-bond acceptors (Lipinski definition) is 3. The van der Waals surface area contributed by atoms with Gasteiger partial charge in [-0.15, -0.1) is 0 Å². The molecule has 0 aromatic carbocycles. The lowest BCUT2D eigenvalue weighted by molar-refractivity contribution is 0.106. The molecule has 72 valence electrons. The molecule has 1 aliphatic carbocycles. The van der Waals surface area contributed by atoms with Crippen molar-refractivity contribution in [1.82, 2.24) is 14.8 Å². The third-order valence-corrected chi connectivity index (χ3v) is 2.96. The van der Waals surface area contributed by atoms with E-state index in [4.69, 9.17) is 17.0 Å². The summed E-state index contributed by atoms with van der Waals surface area (Å²) in [5.74, 6) is 0. The molecular formula is C8H13N3OS. The molecule has 1 saturated carbocycles. The van der Waals surface area contributed by atoms with E-state index >= 15 is 0 Å². The van der Waals surface area contributed by atoms with Crippen LogP contribution in [0.3, 0.4) is 0 Å². The summed E-state index contributed by atoms with van der Waals surface area (Å²) in [6, 6.07) is 0.469. The van der Waals surface area contributed by atoms with Crippen molar-refractivity contribution in [2.24, 2.45) is 0 Å². The third kappa shape index (κ3) is 1.66. The molecule has 13 heavy (non-hydrogen) atoms. The highest BCUT2D eigenvalue weighted by molar-refractivity contribution is 7.71. The van der Waals surface area contributed by atoms with E-state index in [1.807, 2.05) is 4.57 Å².